The van der Waals surface area contributed by atoms with E-state index in [-0.39, 0.29) is 52.3 Å². The van der Waals surface area contributed by atoms with E-state index in [2.05, 4.69) is 29.8 Å². The molecule has 1 N–H and O–H groups in total. The number of aromatic nitrogens is 10. The molecule has 0 aliphatic heterocycles. The lowest BCUT2D eigenvalue weighted by Gasteiger charge is -2.12. The summed E-state index contributed by atoms with van der Waals surface area (Å²) in [7, 11) is -4.80. The number of alkyl halides is 1. The topological polar surface area (TPSA) is 255 Å². The van der Waals surface area contributed by atoms with Crippen molar-refractivity contribution in [2.45, 2.75) is 74.0 Å². The van der Waals surface area contributed by atoms with Gasteiger partial charge in [0.25, 0.3) is 11.1 Å². The number of hydrogen-bond donors (Lipinski definition) is 1. The molecule has 0 bridgehead atoms. The molecular weight excluding hydrogens is 951 g/mol. The van der Waals surface area contributed by atoms with Crippen LogP contribution in [0.4, 0.5) is 0 Å². The fourth-order valence-corrected chi connectivity index (χ4v) is 8.78. The summed E-state index contributed by atoms with van der Waals surface area (Å²) in [6.07, 6.45) is 2.97. The van der Waals surface area contributed by atoms with E-state index >= 15 is 0 Å². The summed E-state index contributed by atoms with van der Waals surface area (Å²) in [5, 5.41) is 6.05. The molecule has 65 heavy (non-hydrogen) atoms. The molecule has 0 aliphatic carbocycles. The average molecular weight is 992 g/mol. The first-order valence-electron chi connectivity index (χ1n) is 19.4. The highest BCUT2D eigenvalue weighted by atomic mass is 35.5. The Bertz CT molecular complexity index is 3450. The number of nitrogens with zero attached hydrogens (tertiary/aromatic N) is 9. The van der Waals surface area contributed by atoms with E-state index in [4.69, 9.17) is 39.3 Å². The number of sulfone groups is 2. The molecule has 6 heterocycles. The Labute approximate surface area is 384 Å². The van der Waals surface area contributed by atoms with Crippen LogP contribution in [0.25, 0.3) is 22.3 Å². The van der Waals surface area contributed by atoms with Gasteiger partial charge in [0.05, 0.1) is 48.4 Å². The van der Waals surface area contributed by atoms with E-state index < -0.39 is 52.7 Å². The molecule has 8 aromatic rings. The third-order valence-electron chi connectivity index (χ3n) is 9.86. The number of hydrogen-bond acceptors (Lipinski definition) is 14. The Morgan fingerprint density at radius 2 is 1.06 bits per heavy atom. The molecule has 344 valence electrons. The third kappa shape index (κ3) is 10.1. The van der Waals surface area contributed by atoms with Crippen molar-refractivity contribution in [2.24, 2.45) is 14.1 Å². The van der Waals surface area contributed by atoms with Crippen molar-refractivity contribution in [2.75, 3.05) is 0 Å². The molecular formula is C40H41Cl3N10O10S2. The monoisotopic (exact) mass is 990 g/mol. The van der Waals surface area contributed by atoms with Gasteiger partial charge in [0.2, 0.25) is 30.0 Å². The maximum atomic E-state index is 13.4. The van der Waals surface area contributed by atoms with Gasteiger partial charge in [-0.15, -0.1) is 11.6 Å². The largest absolute Gasteiger partial charge is 0.360 e. The zero-order valence-corrected chi connectivity index (χ0v) is 39.4. The number of fused-ring (bicyclic) bond motifs is 2. The van der Waals surface area contributed by atoms with Gasteiger partial charge in [0, 0.05) is 36.3 Å². The first kappa shape index (κ1) is 48.4. The van der Waals surface area contributed by atoms with Crippen molar-refractivity contribution in [1.82, 2.24) is 48.1 Å². The van der Waals surface area contributed by atoms with E-state index in [1.165, 1.54) is 63.2 Å². The number of aromatic amines is 1. The van der Waals surface area contributed by atoms with Crippen LogP contribution in [-0.2, 0) is 59.3 Å². The summed E-state index contributed by atoms with van der Waals surface area (Å²) in [6, 6.07) is 16.9. The van der Waals surface area contributed by atoms with E-state index in [9.17, 15) is 36.0 Å². The van der Waals surface area contributed by atoms with Gasteiger partial charge in [-0.1, -0.05) is 57.8 Å². The van der Waals surface area contributed by atoms with E-state index in [0.29, 0.717) is 33.0 Å². The molecule has 0 spiro atoms. The van der Waals surface area contributed by atoms with Crippen LogP contribution in [-0.4, -0.2) is 75.4 Å². The van der Waals surface area contributed by atoms with Crippen LogP contribution < -0.4 is 22.5 Å². The molecule has 0 atom stereocenters. The normalized spacial score (nSPS) is 11.9. The highest BCUT2D eigenvalue weighted by Crippen LogP contribution is 2.24. The van der Waals surface area contributed by atoms with Crippen LogP contribution in [0.1, 0.15) is 50.3 Å². The van der Waals surface area contributed by atoms with Crippen molar-refractivity contribution >= 4 is 76.8 Å². The summed E-state index contributed by atoms with van der Waals surface area (Å²) in [5.41, 5.74) is -1.18. The Morgan fingerprint density at radius 3 is 1.48 bits per heavy atom. The second-order valence-corrected chi connectivity index (χ2v) is 20.8. The van der Waals surface area contributed by atoms with Gasteiger partial charge < -0.3 is 18.2 Å². The molecule has 0 saturated carbocycles. The summed E-state index contributed by atoms with van der Waals surface area (Å²) < 4.78 is 67.3. The van der Waals surface area contributed by atoms with Crippen LogP contribution in [0.15, 0.2) is 112 Å². The number of nitrogens with one attached hydrogen (secondary N) is 1. The van der Waals surface area contributed by atoms with Crippen LogP contribution in [0.5, 0.6) is 0 Å². The van der Waals surface area contributed by atoms with Crippen LogP contribution in [0.3, 0.4) is 0 Å². The number of imidazole rings is 2. The molecule has 0 radical (unpaired) electrons. The molecule has 0 unspecified atom stereocenters. The second kappa shape index (κ2) is 19.6. The van der Waals surface area contributed by atoms with Crippen molar-refractivity contribution in [1.29, 1.82) is 0 Å². The van der Waals surface area contributed by atoms with Crippen molar-refractivity contribution in [3.8, 4) is 0 Å². The maximum Gasteiger partial charge on any atom is 0.332 e. The van der Waals surface area contributed by atoms with Crippen LogP contribution in [0, 0.1) is 0 Å². The number of aryl methyl sites for hydroxylation is 2. The molecule has 20 nitrogen and oxygen atoms in total. The van der Waals surface area contributed by atoms with E-state index in [0.717, 1.165) is 19.3 Å². The van der Waals surface area contributed by atoms with Crippen LogP contribution >= 0.6 is 34.8 Å². The fraction of sp³-hybridized carbons (Fsp3) is 0.300. The van der Waals surface area contributed by atoms with Crippen molar-refractivity contribution < 1.29 is 25.9 Å². The Hall–Kier alpha value is -6.07. The lowest BCUT2D eigenvalue weighted by Crippen LogP contribution is -2.40. The SMILES string of the molecule is CC(C)S(=O)(=O)c1nc2c(c(=O)[nH]c(=O)n2C)n1Cc1ccc(Cl)cc1.CC(C)S(=O)(=O)c1nc2c(c(=O)n(Cc3ccno3)c(=O)n2C)n1Cc1ccc(Cl)cc1.ClCc1ccno1. The van der Waals surface area contributed by atoms with Crippen LogP contribution in [0.2, 0.25) is 10.0 Å². The van der Waals surface area contributed by atoms with Gasteiger partial charge in [-0.05, 0) is 63.1 Å². The lowest BCUT2D eigenvalue weighted by molar-refractivity contribution is 0.372. The molecule has 8 rings (SSSR count). The Balaban J connectivity index is 0.000000190. The summed E-state index contributed by atoms with van der Waals surface area (Å²) in [6.45, 7) is 6.11. The Kier molecular flexibility index (Phi) is 14.6. The fourth-order valence-electron chi connectivity index (χ4n) is 6.19. The minimum atomic E-state index is -3.87. The van der Waals surface area contributed by atoms with Crippen molar-refractivity contribution in [3.63, 3.8) is 0 Å². The van der Waals surface area contributed by atoms with E-state index in [1.54, 1.807) is 60.8 Å². The molecule has 25 heteroatoms. The number of halogens is 3. The molecule has 0 fully saturated rings. The van der Waals surface area contributed by atoms with E-state index in [1.807, 2.05) is 0 Å². The maximum absolute atomic E-state index is 13.4. The van der Waals surface area contributed by atoms with Gasteiger partial charge in [-0.25, -0.2) is 26.4 Å². The van der Waals surface area contributed by atoms with Gasteiger partial charge >= 0.3 is 11.4 Å². The molecule has 0 saturated heterocycles. The number of benzene rings is 2. The van der Waals surface area contributed by atoms with Gasteiger partial charge in [-0.3, -0.25) is 28.3 Å². The first-order chi connectivity index (χ1) is 30.7. The quantitative estimate of drug-likeness (QED) is 0.175. The third-order valence-corrected chi connectivity index (χ3v) is 14.7. The summed E-state index contributed by atoms with van der Waals surface area (Å²) in [4.78, 5) is 61.1. The molecule has 0 amide bonds. The van der Waals surface area contributed by atoms with Gasteiger partial charge in [-0.2, -0.15) is 9.97 Å². The number of H-pyrrole nitrogens is 1. The second-order valence-electron chi connectivity index (χ2n) is 14.9. The minimum absolute atomic E-state index is 0.000732. The zero-order chi connectivity index (χ0) is 47.5. The van der Waals surface area contributed by atoms with Crippen molar-refractivity contribution in [3.05, 3.63) is 147 Å². The highest BCUT2D eigenvalue weighted by Gasteiger charge is 2.31. The molecule has 0 aliphatic rings. The average Bonchev–Trinajstić information content (AvgIpc) is 4.11. The highest BCUT2D eigenvalue weighted by molar-refractivity contribution is 7.92. The van der Waals surface area contributed by atoms with Gasteiger partial charge in [0.1, 0.15) is 0 Å². The number of rotatable bonds is 11. The molecule has 6 aromatic heterocycles. The predicted molar refractivity (Wildman–Crippen MR) is 242 cm³/mol. The zero-order valence-electron chi connectivity index (χ0n) is 35.5. The van der Waals surface area contributed by atoms with Gasteiger partial charge in [0.15, 0.2) is 33.8 Å². The smallest absolute Gasteiger partial charge is 0.332 e. The summed E-state index contributed by atoms with van der Waals surface area (Å²) >= 11 is 17.2. The summed E-state index contributed by atoms with van der Waals surface area (Å²) in [5.74, 6) is 1.42. The minimum Gasteiger partial charge on any atom is -0.360 e. The predicted octanol–water partition coefficient (Wildman–Crippen LogP) is 4.54. The Morgan fingerprint density at radius 1 is 0.615 bits per heavy atom. The molecule has 2 aromatic carbocycles. The first-order valence-corrected chi connectivity index (χ1v) is 23.8. The lowest BCUT2D eigenvalue weighted by atomic mass is 10.2. The standard InChI is InChI=1S/C20H20ClN5O5S.C16H17ClN4O4S.C4H4ClNO/c1-12(2)32(29,30)19-23-17-16(25(19)10-13-4-6-14(21)7-5-13)18(27)26(20(28)24(17)3)11-15-8-9-22-31-15;1-9(2)26(24,25)16-18-13-12(14(22)19-15(23)20(13)3)21(16)8-10-4-6-11(17)7-5-10;5-3-4-1-2-6-7-4/h4-9,12H,10-11H2,1-3H3;4-7,9H,8H2,1-3H3,(H,19,22,23);1-2H,3H2.